The van der Waals surface area contributed by atoms with Gasteiger partial charge in [-0.1, -0.05) is 19.1 Å². The summed E-state index contributed by atoms with van der Waals surface area (Å²) >= 11 is 0. The number of fused-ring (bicyclic) bond motifs is 1. The van der Waals surface area contributed by atoms with Gasteiger partial charge in [0.15, 0.2) is 5.65 Å². The lowest BCUT2D eigenvalue weighted by Gasteiger charge is -2.11. The van der Waals surface area contributed by atoms with Crippen LogP contribution in [-0.4, -0.2) is 26.4 Å². The monoisotopic (exact) mass is 271 g/mol. The first kappa shape index (κ1) is 12.5. The first-order valence-electron chi connectivity index (χ1n) is 6.50. The van der Waals surface area contributed by atoms with E-state index < -0.39 is 0 Å². The van der Waals surface area contributed by atoms with Gasteiger partial charge in [-0.2, -0.15) is 5.10 Å². The Morgan fingerprint density at radius 3 is 2.75 bits per heavy atom. The van der Waals surface area contributed by atoms with Crippen LogP contribution in [0.2, 0.25) is 0 Å². The van der Waals surface area contributed by atoms with E-state index in [0.717, 1.165) is 34.7 Å². The van der Waals surface area contributed by atoms with E-state index in [9.17, 15) is 0 Å². The molecule has 0 fully saturated rings. The SMILES string of the molecule is CCc1nn(C)c2c1nc(N)n2-c1ccccc1OC. The van der Waals surface area contributed by atoms with E-state index in [1.165, 1.54) is 0 Å². The van der Waals surface area contributed by atoms with Crippen molar-refractivity contribution < 1.29 is 4.74 Å². The van der Waals surface area contributed by atoms with Crippen molar-refractivity contribution in [3.63, 3.8) is 0 Å². The van der Waals surface area contributed by atoms with Crippen LogP contribution in [0, 0.1) is 0 Å². The Kier molecular flexibility index (Phi) is 2.85. The van der Waals surface area contributed by atoms with Crippen LogP contribution in [0.4, 0.5) is 5.95 Å². The van der Waals surface area contributed by atoms with E-state index in [0.29, 0.717) is 5.95 Å². The summed E-state index contributed by atoms with van der Waals surface area (Å²) in [5.41, 5.74) is 9.63. The van der Waals surface area contributed by atoms with E-state index >= 15 is 0 Å². The number of aromatic nitrogens is 4. The molecule has 0 spiro atoms. The third kappa shape index (κ3) is 1.65. The summed E-state index contributed by atoms with van der Waals surface area (Å²) in [5.74, 6) is 1.19. The minimum Gasteiger partial charge on any atom is -0.495 e. The Balaban J connectivity index is 2.36. The highest BCUT2D eigenvalue weighted by atomic mass is 16.5. The first-order chi connectivity index (χ1) is 9.67. The summed E-state index contributed by atoms with van der Waals surface area (Å²) in [6.07, 6.45) is 0.819. The maximum atomic E-state index is 6.10. The number of hydrogen-bond donors (Lipinski definition) is 1. The molecule has 2 N–H and O–H groups in total. The molecule has 0 aliphatic rings. The van der Waals surface area contributed by atoms with Gasteiger partial charge >= 0.3 is 0 Å². The standard InChI is InChI=1S/C14H17N5O/c1-4-9-12-13(18(2)17-9)19(14(15)16-12)10-7-5-6-8-11(10)20-3/h5-8H,4H2,1-3H3,(H2,15,16). The number of imidazole rings is 1. The fraction of sp³-hybridized carbons (Fsp3) is 0.286. The maximum absolute atomic E-state index is 6.10. The lowest BCUT2D eigenvalue weighted by atomic mass is 10.3. The zero-order valence-corrected chi connectivity index (χ0v) is 11.8. The van der Waals surface area contributed by atoms with E-state index in [1.807, 2.05) is 40.6 Å². The average Bonchev–Trinajstić information content (AvgIpc) is 2.95. The Morgan fingerprint density at radius 2 is 2.05 bits per heavy atom. The molecule has 0 bridgehead atoms. The largest absolute Gasteiger partial charge is 0.495 e. The molecule has 104 valence electrons. The molecule has 0 atom stereocenters. The van der Waals surface area contributed by atoms with Gasteiger partial charge < -0.3 is 10.5 Å². The number of aryl methyl sites for hydroxylation is 2. The summed E-state index contributed by atoms with van der Waals surface area (Å²) in [6.45, 7) is 2.06. The molecule has 0 saturated carbocycles. The molecule has 0 radical (unpaired) electrons. The molecule has 0 aliphatic carbocycles. The number of para-hydroxylation sites is 2. The molecule has 0 aliphatic heterocycles. The predicted molar refractivity (Wildman–Crippen MR) is 78.2 cm³/mol. The second-order valence-electron chi connectivity index (χ2n) is 4.57. The number of nitrogens with zero attached hydrogens (tertiary/aromatic N) is 4. The number of anilines is 1. The van der Waals surface area contributed by atoms with Crippen molar-refractivity contribution in [1.29, 1.82) is 0 Å². The molecule has 2 heterocycles. The molecule has 20 heavy (non-hydrogen) atoms. The smallest absolute Gasteiger partial charge is 0.207 e. The van der Waals surface area contributed by atoms with Gasteiger partial charge in [0.05, 0.1) is 18.5 Å². The van der Waals surface area contributed by atoms with E-state index in [4.69, 9.17) is 10.5 Å². The number of hydrogen-bond acceptors (Lipinski definition) is 4. The molecule has 3 aromatic rings. The van der Waals surface area contributed by atoms with Crippen molar-refractivity contribution in [1.82, 2.24) is 19.3 Å². The van der Waals surface area contributed by atoms with Gasteiger partial charge in [0.2, 0.25) is 5.95 Å². The molecule has 6 nitrogen and oxygen atoms in total. The van der Waals surface area contributed by atoms with E-state index in [1.54, 1.807) is 7.11 Å². The van der Waals surface area contributed by atoms with Crippen LogP contribution >= 0.6 is 0 Å². The van der Waals surface area contributed by atoms with Crippen LogP contribution < -0.4 is 10.5 Å². The zero-order chi connectivity index (χ0) is 14.3. The summed E-state index contributed by atoms with van der Waals surface area (Å²) in [4.78, 5) is 4.46. The van der Waals surface area contributed by atoms with Crippen LogP contribution in [0.5, 0.6) is 5.75 Å². The Labute approximate surface area is 116 Å². The van der Waals surface area contributed by atoms with Gasteiger partial charge in [-0.3, -0.25) is 4.57 Å². The average molecular weight is 271 g/mol. The summed E-state index contributed by atoms with van der Waals surface area (Å²) in [6, 6.07) is 7.72. The molecule has 1 aromatic carbocycles. The highest BCUT2D eigenvalue weighted by Crippen LogP contribution is 2.30. The molecule has 0 amide bonds. The van der Waals surface area contributed by atoms with Crippen molar-refractivity contribution in [2.45, 2.75) is 13.3 Å². The topological polar surface area (TPSA) is 70.9 Å². The number of nitrogens with two attached hydrogens (primary N) is 1. The number of nitrogen functional groups attached to an aromatic ring is 1. The summed E-state index contributed by atoms with van der Waals surface area (Å²) < 4.78 is 9.10. The lowest BCUT2D eigenvalue weighted by molar-refractivity contribution is 0.413. The van der Waals surface area contributed by atoms with Crippen LogP contribution in [0.25, 0.3) is 16.9 Å². The Morgan fingerprint density at radius 1 is 1.30 bits per heavy atom. The quantitative estimate of drug-likeness (QED) is 0.790. The fourth-order valence-electron chi connectivity index (χ4n) is 2.49. The minimum absolute atomic E-state index is 0.437. The third-order valence-corrected chi connectivity index (χ3v) is 3.39. The van der Waals surface area contributed by atoms with Crippen molar-refractivity contribution in [2.75, 3.05) is 12.8 Å². The first-order valence-corrected chi connectivity index (χ1v) is 6.50. The van der Waals surface area contributed by atoms with Crippen molar-refractivity contribution in [3.05, 3.63) is 30.0 Å². The predicted octanol–water partition coefficient (Wildman–Crippen LogP) is 1.91. The van der Waals surface area contributed by atoms with Crippen LogP contribution in [0.15, 0.2) is 24.3 Å². The number of benzene rings is 1. The van der Waals surface area contributed by atoms with Crippen LogP contribution in [0.3, 0.4) is 0 Å². The third-order valence-electron chi connectivity index (χ3n) is 3.39. The van der Waals surface area contributed by atoms with Gasteiger partial charge in [-0.15, -0.1) is 0 Å². The van der Waals surface area contributed by atoms with Crippen molar-refractivity contribution in [2.24, 2.45) is 7.05 Å². The second-order valence-corrected chi connectivity index (χ2v) is 4.57. The van der Waals surface area contributed by atoms with Gasteiger partial charge in [0.25, 0.3) is 0 Å². The van der Waals surface area contributed by atoms with Gasteiger partial charge in [0, 0.05) is 7.05 Å². The van der Waals surface area contributed by atoms with Crippen molar-refractivity contribution in [3.8, 4) is 11.4 Å². The normalized spacial score (nSPS) is 11.2. The Bertz CT molecular complexity index is 771. The van der Waals surface area contributed by atoms with Gasteiger partial charge in [-0.25, -0.2) is 9.67 Å². The summed E-state index contributed by atoms with van der Waals surface area (Å²) in [7, 11) is 3.54. The fourth-order valence-corrected chi connectivity index (χ4v) is 2.49. The number of ether oxygens (including phenoxy) is 1. The Hall–Kier alpha value is -2.50. The maximum Gasteiger partial charge on any atom is 0.207 e. The number of rotatable bonds is 3. The van der Waals surface area contributed by atoms with Crippen LogP contribution in [-0.2, 0) is 13.5 Å². The van der Waals surface area contributed by atoms with E-state index in [2.05, 4.69) is 17.0 Å². The van der Waals surface area contributed by atoms with Gasteiger partial charge in [-0.05, 0) is 18.6 Å². The van der Waals surface area contributed by atoms with E-state index in [-0.39, 0.29) is 0 Å². The molecule has 0 saturated heterocycles. The lowest BCUT2D eigenvalue weighted by Crippen LogP contribution is -2.06. The highest BCUT2D eigenvalue weighted by Gasteiger charge is 2.19. The van der Waals surface area contributed by atoms with Gasteiger partial charge in [0.1, 0.15) is 11.3 Å². The molecular formula is C14H17N5O. The molecule has 0 unspecified atom stereocenters. The highest BCUT2D eigenvalue weighted by molar-refractivity contribution is 5.81. The minimum atomic E-state index is 0.437. The second kappa shape index (κ2) is 4.56. The van der Waals surface area contributed by atoms with Crippen molar-refractivity contribution >= 4 is 17.1 Å². The summed E-state index contributed by atoms with van der Waals surface area (Å²) in [5, 5.41) is 4.49. The zero-order valence-electron chi connectivity index (χ0n) is 11.8. The molecule has 6 heteroatoms. The molecule has 2 aromatic heterocycles. The number of methoxy groups -OCH3 is 1. The molecular weight excluding hydrogens is 254 g/mol. The van der Waals surface area contributed by atoms with Crippen LogP contribution in [0.1, 0.15) is 12.6 Å². The molecule has 3 rings (SSSR count).